The standard InChI is InChI=1S/C15H13ClN2O/c16-13-7-10(9-19)8-17-15(13)18-14-6-5-11-3-1-2-4-12(11)14/h1-4,7-9,14H,5-6H2,(H,17,18). The lowest BCUT2D eigenvalue weighted by molar-refractivity contribution is 0.112. The Morgan fingerprint density at radius 2 is 2.21 bits per heavy atom. The summed E-state index contributed by atoms with van der Waals surface area (Å²) in [6.45, 7) is 0. The van der Waals surface area contributed by atoms with E-state index >= 15 is 0 Å². The van der Waals surface area contributed by atoms with E-state index in [1.807, 2.05) is 6.07 Å². The van der Waals surface area contributed by atoms with Crippen molar-refractivity contribution in [2.75, 3.05) is 5.32 Å². The van der Waals surface area contributed by atoms with Crippen molar-refractivity contribution in [3.05, 3.63) is 58.2 Å². The van der Waals surface area contributed by atoms with E-state index in [1.165, 1.54) is 17.3 Å². The summed E-state index contributed by atoms with van der Waals surface area (Å²) in [7, 11) is 0. The minimum absolute atomic E-state index is 0.239. The van der Waals surface area contributed by atoms with E-state index < -0.39 is 0 Å². The number of aromatic nitrogens is 1. The molecule has 1 aromatic carbocycles. The topological polar surface area (TPSA) is 42.0 Å². The summed E-state index contributed by atoms with van der Waals surface area (Å²) in [5, 5.41) is 3.84. The number of nitrogens with zero attached hydrogens (tertiary/aromatic N) is 1. The summed E-state index contributed by atoms with van der Waals surface area (Å²) >= 11 is 6.13. The van der Waals surface area contributed by atoms with E-state index in [-0.39, 0.29) is 6.04 Å². The van der Waals surface area contributed by atoms with Gasteiger partial charge in [0.05, 0.1) is 11.1 Å². The molecule has 1 aromatic heterocycles. The van der Waals surface area contributed by atoms with E-state index in [4.69, 9.17) is 11.6 Å². The number of hydrogen-bond donors (Lipinski definition) is 1. The molecule has 1 unspecified atom stereocenters. The summed E-state index contributed by atoms with van der Waals surface area (Å²) in [6.07, 6.45) is 4.38. The second kappa shape index (κ2) is 5.02. The van der Waals surface area contributed by atoms with E-state index in [0.717, 1.165) is 19.1 Å². The van der Waals surface area contributed by atoms with Gasteiger partial charge in [0.25, 0.3) is 0 Å². The number of carbonyl (C=O) groups excluding carboxylic acids is 1. The number of halogens is 1. The second-order valence-corrected chi connectivity index (χ2v) is 5.06. The first-order chi connectivity index (χ1) is 9.28. The summed E-state index contributed by atoms with van der Waals surface area (Å²) in [6, 6.07) is 10.3. The number of hydrogen-bond acceptors (Lipinski definition) is 3. The van der Waals surface area contributed by atoms with Crippen LogP contribution in [0.5, 0.6) is 0 Å². The van der Waals surface area contributed by atoms with Crippen LogP contribution in [0.2, 0.25) is 5.02 Å². The molecule has 1 N–H and O–H groups in total. The second-order valence-electron chi connectivity index (χ2n) is 4.65. The molecule has 19 heavy (non-hydrogen) atoms. The first-order valence-corrected chi connectivity index (χ1v) is 6.61. The third-order valence-corrected chi connectivity index (χ3v) is 3.73. The lowest BCUT2D eigenvalue weighted by Gasteiger charge is -2.15. The smallest absolute Gasteiger partial charge is 0.151 e. The van der Waals surface area contributed by atoms with Crippen LogP contribution in [0.1, 0.15) is 33.9 Å². The van der Waals surface area contributed by atoms with Crippen molar-refractivity contribution in [3.63, 3.8) is 0 Å². The van der Waals surface area contributed by atoms with Crippen molar-refractivity contribution in [1.29, 1.82) is 0 Å². The number of aldehydes is 1. The number of pyridine rings is 1. The highest BCUT2D eigenvalue weighted by Crippen LogP contribution is 2.34. The summed E-state index contributed by atoms with van der Waals surface area (Å²) < 4.78 is 0. The first-order valence-electron chi connectivity index (χ1n) is 6.23. The van der Waals surface area contributed by atoms with Gasteiger partial charge < -0.3 is 5.32 Å². The van der Waals surface area contributed by atoms with Crippen molar-refractivity contribution in [3.8, 4) is 0 Å². The molecule has 0 fully saturated rings. The molecule has 3 rings (SSSR count). The van der Waals surface area contributed by atoms with Gasteiger partial charge in [-0.15, -0.1) is 0 Å². The fraction of sp³-hybridized carbons (Fsp3) is 0.200. The maximum Gasteiger partial charge on any atom is 0.151 e. The molecule has 3 nitrogen and oxygen atoms in total. The highest BCUT2D eigenvalue weighted by molar-refractivity contribution is 6.33. The van der Waals surface area contributed by atoms with Gasteiger partial charge in [-0.05, 0) is 30.0 Å². The number of benzene rings is 1. The third-order valence-electron chi connectivity index (χ3n) is 3.44. The van der Waals surface area contributed by atoms with Crippen molar-refractivity contribution < 1.29 is 4.79 Å². The van der Waals surface area contributed by atoms with E-state index in [0.29, 0.717) is 16.4 Å². The van der Waals surface area contributed by atoms with E-state index in [9.17, 15) is 4.79 Å². The summed E-state index contributed by atoms with van der Waals surface area (Å²) in [5.41, 5.74) is 3.17. The molecule has 4 heteroatoms. The van der Waals surface area contributed by atoms with Gasteiger partial charge in [0.15, 0.2) is 6.29 Å². The SMILES string of the molecule is O=Cc1cnc(NC2CCc3ccccc32)c(Cl)c1. The average molecular weight is 273 g/mol. The Balaban J connectivity index is 1.85. The van der Waals surface area contributed by atoms with Crippen LogP contribution in [-0.4, -0.2) is 11.3 Å². The minimum atomic E-state index is 0.239. The maximum atomic E-state index is 10.7. The number of fused-ring (bicyclic) bond motifs is 1. The van der Waals surface area contributed by atoms with Gasteiger partial charge in [-0.1, -0.05) is 35.9 Å². The normalized spacial score (nSPS) is 17.0. The van der Waals surface area contributed by atoms with Crippen LogP contribution in [0.3, 0.4) is 0 Å². The molecule has 0 spiro atoms. The minimum Gasteiger partial charge on any atom is -0.362 e. The molecule has 2 aromatic rings. The van der Waals surface area contributed by atoms with Gasteiger partial charge in [0.1, 0.15) is 5.82 Å². The Bertz CT molecular complexity index is 627. The zero-order valence-electron chi connectivity index (χ0n) is 10.3. The lowest BCUT2D eigenvalue weighted by Crippen LogP contribution is -2.09. The van der Waals surface area contributed by atoms with Crippen molar-refractivity contribution in [2.45, 2.75) is 18.9 Å². The molecular formula is C15H13ClN2O. The number of carbonyl (C=O) groups is 1. The molecule has 0 radical (unpaired) electrons. The molecule has 96 valence electrons. The van der Waals surface area contributed by atoms with E-state index in [1.54, 1.807) is 6.07 Å². The van der Waals surface area contributed by atoms with Crippen molar-refractivity contribution in [1.82, 2.24) is 4.98 Å². The van der Waals surface area contributed by atoms with Crippen LogP contribution in [0, 0.1) is 0 Å². The molecule has 0 saturated heterocycles. The third kappa shape index (κ3) is 2.34. The molecule has 0 saturated carbocycles. The Morgan fingerprint density at radius 3 is 3.00 bits per heavy atom. The van der Waals surface area contributed by atoms with Crippen LogP contribution >= 0.6 is 11.6 Å². The summed E-state index contributed by atoms with van der Waals surface area (Å²) in [5.74, 6) is 0.633. The largest absolute Gasteiger partial charge is 0.362 e. The predicted molar refractivity (Wildman–Crippen MR) is 75.8 cm³/mol. The summed E-state index contributed by atoms with van der Waals surface area (Å²) in [4.78, 5) is 14.9. The maximum absolute atomic E-state index is 10.7. The quantitative estimate of drug-likeness (QED) is 0.867. The molecule has 1 aliphatic carbocycles. The van der Waals surface area contributed by atoms with Gasteiger partial charge in [0, 0.05) is 11.8 Å². The van der Waals surface area contributed by atoms with Gasteiger partial charge in [0.2, 0.25) is 0 Å². The Kier molecular flexibility index (Phi) is 3.22. The molecule has 0 bridgehead atoms. The Morgan fingerprint density at radius 1 is 1.37 bits per heavy atom. The van der Waals surface area contributed by atoms with Crippen LogP contribution < -0.4 is 5.32 Å². The monoisotopic (exact) mass is 272 g/mol. The molecular weight excluding hydrogens is 260 g/mol. The van der Waals surface area contributed by atoms with Crippen molar-refractivity contribution in [2.24, 2.45) is 0 Å². The molecule has 0 aliphatic heterocycles. The molecule has 0 amide bonds. The number of nitrogens with one attached hydrogen (secondary N) is 1. The fourth-order valence-corrected chi connectivity index (χ4v) is 2.72. The van der Waals surface area contributed by atoms with Gasteiger partial charge in [-0.3, -0.25) is 4.79 Å². The molecule has 1 atom stereocenters. The van der Waals surface area contributed by atoms with E-state index in [2.05, 4.69) is 28.5 Å². The van der Waals surface area contributed by atoms with Gasteiger partial charge in [-0.2, -0.15) is 0 Å². The zero-order valence-corrected chi connectivity index (χ0v) is 11.0. The van der Waals surface area contributed by atoms with Gasteiger partial charge >= 0.3 is 0 Å². The molecule has 1 aliphatic rings. The number of anilines is 1. The number of aryl methyl sites for hydroxylation is 1. The Labute approximate surface area is 116 Å². The van der Waals surface area contributed by atoms with Gasteiger partial charge in [-0.25, -0.2) is 4.98 Å². The van der Waals surface area contributed by atoms with Crippen LogP contribution in [0.4, 0.5) is 5.82 Å². The fourth-order valence-electron chi connectivity index (χ4n) is 2.50. The van der Waals surface area contributed by atoms with Crippen LogP contribution in [0.15, 0.2) is 36.5 Å². The van der Waals surface area contributed by atoms with Crippen molar-refractivity contribution >= 4 is 23.7 Å². The predicted octanol–water partition coefficient (Wildman–Crippen LogP) is 3.65. The zero-order chi connectivity index (χ0) is 13.2. The lowest BCUT2D eigenvalue weighted by atomic mass is 10.1. The average Bonchev–Trinajstić information content (AvgIpc) is 2.84. The number of rotatable bonds is 3. The highest BCUT2D eigenvalue weighted by atomic mass is 35.5. The Hall–Kier alpha value is -1.87. The van der Waals surface area contributed by atoms with Crippen LogP contribution in [-0.2, 0) is 6.42 Å². The van der Waals surface area contributed by atoms with Crippen LogP contribution in [0.25, 0.3) is 0 Å². The highest BCUT2D eigenvalue weighted by Gasteiger charge is 2.22. The molecule has 1 heterocycles. The first kappa shape index (κ1) is 12.2.